The number of hydrogen-bond donors (Lipinski definition) is 2. The molecule has 0 aromatic heterocycles. The zero-order valence-corrected chi connectivity index (χ0v) is 18.5. The normalized spacial score (nSPS) is 17.1. The average Bonchev–Trinajstić information content (AvgIpc) is 2.75. The van der Waals surface area contributed by atoms with E-state index in [0.717, 1.165) is 45.8 Å². The second-order valence-electron chi connectivity index (χ2n) is 7.50. The van der Waals surface area contributed by atoms with Gasteiger partial charge in [-0.25, -0.2) is 0 Å². The number of benzene rings is 1. The quantitative estimate of drug-likeness (QED) is 0.441. The van der Waals surface area contributed by atoms with Crippen molar-refractivity contribution in [2.24, 2.45) is 10.9 Å². The van der Waals surface area contributed by atoms with E-state index in [1.165, 1.54) is 13.2 Å². The molecule has 170 valence electrons. The lowest BCUT2D eigenvalue weighted by atomic mass is 10.1. The Hall–Kier alpha value is -2.13. The average molecular weight is 428 g/mol. The lowest BCUT2D eigenvalue weighted by molar-refractivity contribution is -0.0505. The Morgan fingerprint density at radius 2 is 1.87 bits per heavy atom. The summed E-state index contributed by atoms with van der Waals surface area (Å²) in [5.41, 5.74) is 0.569. The number of nitrogens with one attached hydrogen (secondary N) is 2. The molecule has 1 aromatic carbocycles. The third-order valence-electron chi connectivity index (χ3n) is 5.25. The van der Waals surface area contributed by atoms with E-state index < -0.39 is 6.61 Å². The summed E-state index contributed by atoms with van der Waals surface area (Å²) >= 11 is 0. The molecule has 1 saturated heterocycles. The van der Waals surface area contributed by atoms with Crippen LogP contribution in [0.1, 0.15) is 19.4 Å². The number of ether oxygens (including phenoxy) is 2. The van der Waals surface area contributed by atoms with Crippen LogP contribution in [0.4, 0.5) is 8.78 Å². The van der Waals surface area contributed by atoms with E-state index in [1.54, 1.807) is 19.2 Å². The minimum atomic E-state index is -2.88. The molecule has 1 heterocycles. The highest BCUT2D eigenvalue weighted by molar-refractivity contribution is 5.79. The molecule has 2 N–H and O–H groups in total. The van der Waals surface area contributed by atoms with Crippen LogP contribution in [0.2, 0.25) is 0 Å². The van der Waals surface area contributed by atoms with Crippen molar-refractivity contribution in [3.8, 4) is 11.5 Å². The van der Waals surface area contributed by atoms with Gasteiger partial charge in [-0.15, -0.1) is 0 Å². The summed E-state index contributed by atoms with van der Waals surface area (Å²) in [6, 6.07) is 4.76. The predicted molar refractivity (Wildman–Crippen MR) is 116 cm³/mol. The van der Waals surface area contributed by atoms with Crippen LogP contribution in [0.15, 0.2) is 23.2 Å². The summed E-state index contributed by atoms with van der Waals surface area (Å²) in [4.78, 5) is 9.20. The van der Waals surface area contributed by atoms with E-state index in [9.17, 15) is 8.78 Å². The monoisotopic (exact) mass is 427 g/mol. The van der Waals surface area contributed by atoms with Gasteiger partial charge in [-0.3, -0.25) is 4.99 Å². The summed E-state index contributed by atoms with van der Waals surface area (Å²) < 4.78 is 35.1. The van der Waals surface area contributed by atoms with Crippen molar-refractivity contribution >= 4 is 5.96 Å². The van der Waals surface area contributed by atoms with Gasteiger partial charge in [0.1, 0.15) is 11.5 Å². The minimum Gasteiger partial charge on any atom is -0.497 e. The van der Waals surface area contributed by atoms with Crippen molar-refractivity contribution in [1.82, 2.24) is 20.4 Å². The number of rotatable bonds is 10. The van der Waals surface area contributed by atoms with Gasteiger partial charge in [0.05, 0.1) is 7.11 Å². The Balaban J connectivity index is 1.82. The Morgan fingerprint density at radius 3 is 2.47 bits per heavy atom. The van der Waals surface area contributed by atoms with Crippen LogP contribution in [-0.4, -0.2) is 82.3 Å². The first-order valence-electron chi connectivity index (χ1n) is 10.5. The summed E-state index contributed by atoms with van der Waals surface area (Å²) in [5.74, 6) is 1.76. The first-order chi connectivity index (χ1) is 14.4. The van der Waals surface area contributed by atoms with Gasteiger partial charge in [-0.2, -0.15) is 8.78 Å². The molecule has 0 spiro atoms. The van der Waals surface area contributed by atoms with E-state index in [1.807, 2.05) is 0 Å². The van der Waals surface area contributed by atoms with Crippen LogP contribution in [0.25, 0.3) is 0 Å². The zero-order valence-electron chi connectivity index (χ0n) is 18.5. The lowest BCUT2D eigenvalue weighted by Gasteiger charge is -2.35. The van der Waals surface area contributed by atoms with E-state index in [4.69, 9.17) is 4.74 Å². The molecule has 0 bridgehead atoms. The highest BCUT2D eigenvalue weighted by Gasteiger charge is 2.17. The van der Waals surface area contributed by atoms with Crippen LogP contribution in [0.5, 0.6) is 11.5 Å². The molecule has 1 aromatic rings. The van der Waals surface area contributed by atoms with Crippen LogP contribution in [0, 0.1) is 5.92 Å². The van der Waals surface area contributed by atoms with Gasteiger partial charge in [-0.05, 0) is 30.7 Å². The SMILES string of the molecule is CCN1CCN(CC(C)CNC(=NC)NCc2cc(OC)ccc2OC(F)F)CC1. The van der Waals surface area contributed by atoms with Gasteiger partial charge in [0.2, 0.25) is 0 Å². The molecule has 1 unspecified atom stereocenters. The van der Waals surface area contributed by atoms with E-state index in [0.29, 0.717) is 23.2 Å². The smallest absolute Gasteiger partial charge is 0.387 e. The number of aliphatic imine (C=N–C) groups is 1. The molecule has 2 rings (SSSR count). The predicted octanol–water partition coefficient (Wildman–Crippen LogP) is 2.24. The number of piperazine rings is 1. The maximum atomic E-state index is 12.7. The van der Waals surface area contributed by atoms with Gasteiger partial charge in [0.25, 0.3) is 0 Å². The number of halogens is 2. The summed E-state index contributed by atoms with van der Waals surface area (Å²) in [5, 5.41) is 6.48. The Kier molecular flexibility index (Phi) is 10.1. The number of hydrogen-bond acceptors (Lipinski definition) is 5. The number of alkyl halides is 2. The van der Waals surface area contributed by atoms with Crippen molar-refractivity contribution < 1.29 is 18.3 Å². The van der Waals surface area contributed by atoms with Gasteiger partial charge in [0, 0.05) is 58.4 Å². The van der Waals surface area contributed by atoms with Crippen LogP contribution in [-0.2, 0) is 6.54 Å². The Morgan fingerprint density at radius 1 is 1.17 bits per heavy atom. The molecule has 0 aliphatic carbocycles. The van der Waals surface area contributed by atoms with E-state index in [2.05, 4.69) is 44.0 Å². The first kappa shape index (κ1) is 24.1. The highest BCUT2D eigenvalue weighted by atomic mass is 19.3. The van der Waals surface area contributed by atoms with Crippen LogP contribution >= 0.6 is 0 Å². The maximum Gasteiger partial charge on any atom is 0.387 e. The van der Waals surface area contributed by atoms with Crippen molar-refractivity contribution in [2.45, 2.75) is 27.0 Å². The van der Waals surface area contributed by atoms with Crippen molar-refractivity contribution in [2.75, 3.05) is 60.0 Å². The molecule has 1 atom stereocenters. The fourth-order valence-corrected chi connectivity index (χ4v) is 3.50. The zero-order chi connectivity index (χ0) is 21.9. The molecule has 9 heteroatoms. The minimum absolute atomic E-state index is 0.119. The van der Waals surface area contributed by atoms with Crippen molar-refractivity contribution in [3.63, 3.8) is 0 Å². The second-order valence-corrected chi connectivity index (χ2v) is 7.50. The van der Waals surface area contributed by atoms with Gasteiger partial charge >= 0.3 is 6.61 Å². The Labute approximate surface area is 178 Å². The maximum absolute atomic E-state index is 12.7. The number of likely N-dealkylation sites (N-methyl/N-ethyl adjacent to an activating group) is 1. The van der Waals surface area contributed by atoms with Gasteiger partial charge < -0.3 is 29.9 Å². The molecule has 30 heavy (non-hydrogen) atoms. The molecule has 0 amide bonds. The molecular formula is C21H35F2N5O2. The molecule has 1 aliphatic rings. The number of nitrogens with zero attached hydrogens (tertiary/aromatic N) is 3. The standard InChI is InChI=1S/C21H35F2N5O2/c1-5-27-8-10-28(11-9-27)15-16(2)13-25-21(24-3)26-14-17-12-18(29-4)6-7-19(17)30-20(22)23/h6-7,12,16,20H,5,8-11,13-15H2,1-4H3,(H2,24,25,26). The molecule has 1 aliphatic heterocycles. The van der Waals surface area contributed by atoms with Crippen LogP contribution < -0.4 is 20.1 Å². The Bertz CT molecular complexity index is 667. The third-order valence-corrected chi connectivity index (χ3v) is 5.25. The third kappa shape index (κ3) is 7.95. The van der Waals surface area contributed by atoms with E-state index in [-0.39, 0.29) is 12.3 Å². The van der Waals surface area contributed by atoms with Gasteiger partial charge in [0.15, 0.2) is 5.96 Å². The second kappa shape index (κ2) is 12.5. The van der Waals surface area contributed by atoms with Crippen LogP contribution in [0.3, 0.4) is 0 Å². The summed E-state index contributed by atoms with van der Waals surface area (Å²) in [6.45, 7) is 9.20. The first-order valence-corrected chi connectivity index (χ1v) is 10.5. The van der Waals surface area contributed by atoms with E-state index >= 15 is 0 Å². The fraction of sp³-hybridized carbons (Fsp3) is 0.667. The topological polar surface area (TPSA) is 61.4 Å². The molecule has 1 fully saturated rings. The fourth-order valence-electron chi connectivity index (χ4n) is 3.50. The largest absolute Gasteiger partial charge is 0.497 e. The van der Waals surface area contributed by atoms with Crippen molar-refractivity contribution in [3.05, 3.63) is 23.8 Å². The summed E-state index contributed by atoms with van der Waals surface area (Å²) in [6.07, 6.45) is 0. The molecule has 0 radical (unpaired) electrons. The number of methoxy groups -OCH3 is 1. The number of guanidine groups is 1. The van der Waals surface area contributed by atoms with Crippen molar-refractivity contribution in [1.29, 1.82) is 0 Å². The summed E-state index contributed by atoms with van der Waals surface area (Å²) in [7, 11) is 3.22. The van der Waals surface area contributed by atoms with Gasteiger partial charge in [-0.1, -0.05) is 13.8 Å². The molecule has 0 saturated carbocycles. The highest BCUT2D eigenvalue weighted by Crippen LogP contribution is 2.25. The molecular weight excluding hydrogens is 392 g/mol. The lowest BCUT2D eigenvalue weighted by Crippen LogP contribution is -2.48. The molecule has 7 nitrogen and oxygen atoms in total.